The van der Waals surface area contributed by atoms with Crippen LogP contribution in [0.15, 0.2) is 0 Å². The fourth-order valence-electron chi connectivity index (χ4n) is 0.0603. The molecule has 0 atom stereocenters. The molecule has 6 heavy (non-hydrogen) atoms. The van der Waals surface area contributed by atoms with Gasteiger partial charge in [-0.05, 0) is 0 Å². The van der Waals surface area contributed by atoms with Crippen molar-refractivity contribution in [1.29, 1.82) is 0 Å². The van der Waals surface area contributed by atoms with Crippen molar-refractivity contribution >= 4 is 0 Å². The minimum Gasteiger partial charge on any atom is -0.291 e. The molecule has 5 heteroatoms. The monoisotopic (exact) mass is 94.0 g/mol. The fourth-order valence-corrected chi connectivity index (χ4v) is 0.0603. The van der Waals surface area contributed by atoms with Crippen LogP contribution in [0.1, 0.15) is 0 Å². The summed E-state index contributed by atoms with van der Waals surface area (Å²) in [7, 11) is 1.34. The van der Waals surface area contributed by atoms with Crippen LogP contribution in [0.4, 0.5) is 0 Å². The first-order valence-electron chi connectivity index (χ1n) is 1.24. The second-order valence-electron chi connectivity index (χ2n) is 0.481. The van der Waals surface area contributed by atoms with Crippen molar-refractivity contribution < 1.29 is 15.0 Å². The molecule has 0 aromatic heterocycles. The fraction of sp³-hybridized carbons (Fsp3) is 1.00. The zero-order chi connectivity index (χ0) is 4.83. The van der Waals surface area contributed by atoms with Gasteiger partial charge in [0.2, 0.25) is 0 Å². The summed E-state index contributed by atoms with van der Waals surface area (Å²) in [6.07, 6.45) is 0. The van der Waals surface area contributed by atoms with Crippen LogP contribution in [0.5, 0.6) is 0 Å². The molecule has 0 amide bonds. The van der Waals surface area contributed by atoms with E-state index in [-0.39, 0.29) is 0 Å². The van der Waals surface area contributed by atoms with Crippen LogP contribution in [0, 0.1) is 0 Å². The topological polar surface area (TPSA) is 62.8 Å². The van der Waals surface area contributed by atoms with Gasteiger partial charge in [0.05, 0.1) is 7.11 Å². The first kappa shape index (κ1) is 5.80. The Balaban J connectivity index is 2.34. The van der Waals surface area contributed by atoms with E-state index in [0.717, 1.165) is 0 Å². The highest BCUT2D eigenvalue weighted by atomic mass is 17.0. The largest absolute Gasteiger partial charge is 0.291 e. The van der Waals surface area contributed by atoms with E-state index in [1.807, 2.05) is 5.64 Å². The Morgan fingerprint density at radius 1 is 1.67 bits per heavy atom. The molecule has 0 unspecified atom stereocenters. The molecule has 0 aliphatic heterocycles. The summed E-state index contributed by atoms with van der Waals surface area (Å²) in [5.41, 5.74) is 3.17. The van der Waals surface area contributed by atoms with Crippen molar-refractivity contribution in [3.8, 4) is 0 Å². The van der Waals surface area contributed by atoms with Crippen LogP contribution >= 0.6 is 0 Å². The summed E-state index contributed by atoms with van der Waals surface area (Å²) in [5, 5.41) is 7.58. The van der Waals surface area contributed by atoms with Gasteiger partial charge in [-0.15, -0.1) is 0 Å². The van der Waals surface area contributed by atoms with Gasteiger partial charge in [0.25, 0.3) is 0 Å². The molecule has 3 N–H and O–H groups in total. The van der Waals surface area contributed by atoms with E-state index in [4.69, 9.17) is 5.21 Å². The highest BCUT2D eigenvalue weighted by Crippen LogP contribution is 1.47. The Morgan fingerprint density at radius 3 is 2.50 bits per heavy atom. The summed E-state index contributed by atoms with van der Waals surface area (Å²) in [4.78, 5) is 7.90. The lowest BCUT2D eigenvalue weighted by Crippen LogP contribution is -2.21. The Kier molecular flexibility index (Phi) is 4.64. The predicted molar refractivity (Wildman–Crippen MR) is 16.2 cm³/mol. The molecule has 0 fully saturated rings. The van der Waals surface area contributed by atoms with Gasteiger partial charge in [0, 0.05) is 0 Å². The number of hydrogen-bond acceptors (Lipinski definition) is 5. The minimum atomic E-state index is 1.33. The summed E-state index contributed by atoms with van der Waals surface area (Å²) in [6.45, 7) is 0. The molecule has 0 spiro atoms. The predicted octanol–water partition coefficient (Wildman–Crippen LogP) is -1.04. The molecule has 0 saturated carbocycles. The molecule has 5 nitrogen and oxygen atoms in total. The Bertz CT molecular complexity index is 20.8. The van der Waals surface area contributed by atoms with Crippen molar-refractivity contribution in [3.05, 3.63) is 0 Å². The molecule has 0 aromatic rings. The average Bonchev–Trinajstić information content (AvgIpc) is 1.61. The van der Waals surface area contributed by atoms with Gasteiger partial charge < -0.3 is 0 Å². The summed E-state index contributed by atoms with van der Waals surface area (Å²) < 4.78 is 0. The highest BCUT2D eigenvalue weighted by Gasteiger charge is 1.68. The van der Waals surface area contributed by atoms with Crippen molar-refractivity contribution in [2.24, 2.45) is 0 Å². The van der Waals surface area contributed by atoms with Gasteiger partial charge in [0.15, 0.2) is 0 Å². The van der Waals surface area contributed by atoms with Gasteiger partial charge in [0.1, 0.15) is 0 Å². The molecule has 0 aliphatic rings. The Labute approximate surface area is 34.7 Å². The van der Waals surface area contributed by atoms with Gasteiger partial charge in [-0.3, -0.25) is 10.0 Å². The van der Waals surface area contributed by atoms with E-state index in [1.54, 1.807) is 0 Å². The van der Waals surface area contributed by atoms with Crippen LogP contribution < -0.4 is 11.3 Å². The van der Waals surface area contributed by atoms with E-state index in [2.05, 4.69) is 9.78 Å². The van der Waals surface area contributed by atoms with Gasteiger partial charge in [-0.2, -0.15) is 4.94 Å². The van der Waals surface area contributed by atoms with Crippen LogP contribution in [-0.4, -0.2) is 12.3 Å². The van der Waals surface area contributed by atoms with Crippen molar-refractivity contribution in [1.82, 2.24) is 11.3 Å². The molecular formula is CH6N2O3. The van der Waals surface area contributed by atoms with Crippen molar-refractivity contribution in [3.63, 3.8) is 0 Å². The third kappa shape index (κ3) is 3.80. The molecule has 0 bridgehead atoms. The van der Waals surface area contributed by atoms with Crippen LogP contribution in [0.3, 0.4) is 0 Å². The Hall–Kier alpha value is -0.200. The van der Waals surface area contributed by atoms with E-state index in [0.29, 0.717) is 0 Å². The van der Waals surface area contributed by atoms with Gasteiger partial charge in [-0.25, -0.2) is 0 Å². The molecule has 0 rings (SSSR count). The highest BCUT2D eigenvalue weighted by molar-refractivity contribution is 3.59. The molecule has 0 aromatic carbocycles. The number of hydrogen-bond donors (Lipinski definition) is 3. The first-order chi connectivity index (χ1) is 2.91. The summed E-state index contributed by atoms with van der Waals surface area (Å²) in [6, 6.07) is 0. The third-order valence-electron chi connectivity index (χ3n) is 0.171. The standard InChI is InChI=1S/CH6N2O3/c1-5-3-6-2-4/h2-4H,1H3. The lowest BCUT2D eigenvalue weighted by molar-refractivity contribution is -0.262. The van der Waals surface area contributed by atoms with E-state index in [9.17, 15) is 0 Å². The summed E-state index contributed by atoms with van der Waals surface area (Å²) in [5.74, 6) is 0. The van der Waals surface area contributed by atoms with Crippen molar-refractivity contribution in [2.45, 2.75) is 0 Å². The van der Waals surface area contributed by atoms with E-state index >= 15 is 0 Å². The lowest BCUT2D eigenvalue weighted by atomic mass is 11.7. The van der Waals surface area contributed by atoms with Gasteiger partial charge >= 0.3 is 0 Å². The maximum absolute atomic E-state index is 7.58. The lowest BCUT2D eigenvalue weighted by Gasteiger charge is -1.94. The average molecular weight is 94.1 g/mol. The van der Waals surface area contributed by atoms with Crippen LogP contribution in [0.25, 0.3) is 0 Å². The van der Waals surface area contributed by atoms with Gasteiger partial charge in [-0.1, -0.05) is 11.3 Å². The van der Waals surface area contributed by atoms with E-state index in [1.165, 1.54) is 12.8 Å². The second kappa shape index (κ2) is 4.80. The SMILES string of the molecule is CONONO. The number of nitrogens with one attached hydrogen (secondary N) is 2. The zero-order valence-corrected chi connectivity index (χ0v) is 3.26. The molecule has 0 heterocycles. The van der Waals surface area contributed by atoms with Crippen molar-refractivity contribution in [2.75, 3.05) is 7.11 Å². The normalized spacial score (nSPS) is 9.00. The molecule has 0 aliphatic carbocycles. The maximum atomic E-state index is 7.58. The minimum absolute atomic E-state index is 1.33. The quantitative estimate of drug-likeness (QED) is 0.308. The molecule has 0 radical (unpaired) electrons. The molecular weight excluding hydrogens is 88.0 g/mol. The summed E-state index contributed by atoms with van der Waals surface area (Å²) >= 11 is 0. The first-order valence-corrected chi connectivity index (χ1v) is 1.24. The van der Waals surface area contributed by atoms with Crippen LogP contribution in [-0.2, 0) is 9.78 Å². The second-order valence-corrected chi connectivity index (χ2v) is 0.481. The number of rotatable bonds is 3. The molecule has 0 saturated heterocycles. The Morgan fingerprint density at radius 2 is 2.33 bits per heavy atom. The zero-order valence-electron chi connectivity index (χ0n) is 3.26. The third-order valence-corrected chi connectivity index (χ3v) is 0.171. The van der Waals surface area contributed by atoms with Crippen LogP contribution in [0.2, 0.25) is 0 Å². The maximum Gasteiger partial charge on any atom is 0.0599 e. The molecule has 38 valence electrons. The smallest absolute Gasteiger partial charge is 0.0599 e. The van der Waals surface area contributed by atoms with E-state index < -0.39 is 0 Å².